The van der Waals surface area contributed by atoms with Crippen molar-refractivity contribution in [3.05, 3.63) is 20.8 Å². The largest absolute Gasteiger partial charge is 0.481 e. The van der Waals surface area contributed by atoms with Crippen LogP contribution in [0.25, 0.3) is 0 Å². The van der Waals surface area contributed by atoms with Crippen LogP contribution in [0.1, 0.15) is 48.5 Å². The summed E-state index contributed by atoms with van der Waals surface area (Å²) < 4.78 is 0. The number of carbonyl (C=O) groups is 4. The molecule has 0 atom stereocenters. The summed E-state index contributed by atoms with van der Waals surface area (Å²) >= 11 is 0. The lowest BCUT2D eigenvalue weighted by atomic mass is 10.9. The van der Waals surface area contributed by atoms with E-state index in [1.807, 2.05) is 0 Å². The Morgan fingerprint density at radius 1 is 0.455 bits per heavy atom. The Morgan fingerprint density at radius 2 is 0.455 bits per heavy atom. The summed E-state index contributed by atoms with van der Waals surface area (Å²) in [6.07, 6.45) is 0. The van der Waals surface area contributed by atoms with Gasteiger partial charge in [-0.15, -0.1) is 0 Å². The lowest BCUT2D eigenvalue weighted by molar-refractivity contribution is -0.135. The number of aliphatic carboxylic acids is 4. The average molecular weight is 327 g/mol. The van der Waals surface area contributed by atoms with Gasteiger partial charge in [-0.2, -0.15) is 0 Å². The first-order chi connectivity index (χ1) is 9.93. The third-order valence-corrected chi connectivity index (χ3v) is 0. The molecule has 0 aliphatic carbocycles. The van der Waals surface area contributed by atoms with Crippen molar-refractivity contribution in [2.24, 2.45) is 0 Å². The molecule has 0 spiro atoms. The molecule has 0 aliphatic rings. The highest BCUT2D eigenvalue weighted by molar-refractivity contribution is 5.63. The smallest absolute Gasteiger partial charge is 0.300 e. The lowest BCUT2D eigenvalue weighted by Gasteiger charge is -1.59. The van der Waals surface area contributed by atoms with Gasteiger partial charge in [0.25, 0.3) is 23.9 Å². The summed E-state index contributed by atoms with van der Waals surface area (Å²) in [4.78, 5) is 36.0. The van der Waals surface area contributed by atoms with Crippen LogP contribution in [0.3, 0.4) is 0 Å². The van der Waals surface area contributed by atoms with E-state index in [0.29, 0.717) is 0 Å². The van der Waals surface area contributed by atoms with E-state index < -0.39 is 23.9 Å². The van der Waals surface area contributed by atoms with Crippen LogP contribution < -0.4 is 0 Å². The van der Waals surface area contributed by atoms with E-state index in [4.69, 9.17) is 39.6 Å². The first-order valence-electron chi connectivity index (χ1n) is 5.83. The molecule has 0 aromatic carbocycles. The highest BCUT2D eigenvalue weighted by Gasteiger charge is 1.66. The van der Waals surface area contributed by atoms with Gasteiger partial charge in [-0.25, -0.2) is 0 Å². The first-order valence-corrected chi connectivity index (χ1v) is 5.83. The van der Waals surface area contributed by atoms with Crippen LogP contribution in [0.15, 0.2) is 0 Å². The average Bonchev–Trinajstić information content (AvgIpc) is 2.33. The highest BCUT2D eigenvalue weighted by Crippen LogP contribution is 1.43. The maximum absolute atomic E-state index is 9.00. The monoisotopic (exact) mass is 327 g/mol. The van der Waals surface area contributed by atoms with Crippen molar-refractivity contribution in [2.75, 3.05) is 0 Å². The fraction of sp³-hybridized carbons (Fsp3) is 0.500. The molecule has 0 unspecified atom stereocenters. The second-order valence-electron chi connectivity index (χ2n) is 2.08. The van der Waals surface area contributed by atoms with Crippen molar-refractivity contribution in [3.8, 4) is 0 Å². The zero-order valence-electron chi connectivity index (χ0n) is 14.5. The van der Waals surface area contributed by atoms with E-state index in [9.17, 15) is 0 Å². The number of carboxylic acid groups (broad SMARTS) is 4. The van der Waals surface area contributed by atoms with Crippen molar-refractivity contribution in [3.63, 3.8) is 0 Å². The fourth-order valence-electron chi connectivity index (χ4n) is 0. The number of hydrogen-bond donors (Lipinski definition) is 4. The van der Waals surface area contributed by atoms with Crippen molar-refractivity contribution in [1.29, 1.82) is 0 Å². The van der Waals surface area contributed by atoms with Gasteiger partial charge in [0.05, 0.1) is 0 Å². The van der Waals surface area contributed by atoms with E-state index >= 15 is 0 Å². The Kier molecular flexibility index (Phi) is 120. The molecular formula is C14H31O8. The van der Waals surface area contributed by atoms with Crippen molar-refractivity contribution in [2.45, 2.75) is 48.5 Å². The summed E-state index contributed by atoms with van der Waals surface area (Å²) in [5.74, 6) is -3.33. The van der Waals surface area contributed by atoms with Crippen LogP contribution in [-0.2, 0) is 19.2 Å². The van der Waals surface area contributed by atoms with Crippen molar-refractivity contribution < 1.29 is 39.6 Å². The number of hydrogen-bond acceptors (Lipinski definition) is 4. The quantitative estimate of drug-likeness (QED) is 0.530. The van der Waals surface area contributed by atoms with E-state index in [1.54, 1.807) is 20.8 Å². The first kappa shape index (κ1) is 42.7. The summed E-state index contributed by atoms with van der Waals surface area (Å²) in [5, 5.41) is 29.7. The molecule has 22 heavy (non-hydrogen) atoms. The molecule has 0 aliphatic heterocycles. The van der Waals surface area contributed by atoms with Crippen molar-refractivity contribution in [1.82, 2.24) is 0 Å². The maximum Gasteiger partial charge on any atom is 0.300 e. The van der Waals surface area contributed by atoms with Crippen LogP contribution in [0.5, 0.6) is 0 Å². The lowest BCUT2D eigenvalue weighted by Crippen LogP contribution is -1.78. The number of rotatable bonds is 0. The zero-order valence-corrected chi connectivity index (χ0v) is 14.5. The molecule has 0 fully saturated rings. The highest BCUT2D eigenvalue weighted by atomic mass is 16.4. The standard InChI is InChI=1S/4C2H4O2.3C2H5/c4*1-2(3)4;3*1-2/h4*1H3,(H,3,4);3*1H2,2H3. The minimum Gasteiger partial charge on any atom is -0.481 e. The zero-order chi connectivity index (χ0) is 20.3. The SMILES string of the molecule is CC(=O)O.CC(=O)O.CC(=O)O.CC(=O)O.[CH2]C.[CH2]C.[CH2]C. The molecule has 0 aromatic heterocycles. The second-order valence-corrected chi connectivity index (χ2v) is 2.08. The molecule has 0 saturated heterocycles. The molecule has 0 saturated carbocycles. The van der Waals surface area contributed by atoms with Gasteiger partial charge in [-0.3, -0.25) is 19.2 Å². The van der Waals surface area contributed by atoms with Gasteiger partial charge in [0.2, 0.25) is 0 Å². The van der Waals surface area contributed by atoms with E-state index in [0.717, 1.165) is 27.7 Å². The topological polar surface area (TPSA) is 149 Å². The Balaban J connectivity index is -0.0000000245. The summed E-state index contributed by atoms with van der Waals surface area (Å²) in [7, 11) is 0. The molecule has 0 amide bonds. The Labute approximate surface area is 133 Å². The summed E-state index contributed by atoms with van der Waals surface area (Å²) in [6, 6.07) is 0. The normalized spacial score (nSPS) is 5.36. The summed E-state index contributed by atoms with van der Waals surface area (Å²) in [6.45, 7) is 19.3. The molecular weight excluding hydrogens is 296 g/mol. The van der Waals surface area contributed by atoms with Gasteiger partial charge in [-0.1, -0.05) is 41.5 Å². The minimum atomic E-state index is -0.833. The Morgan fingerprint density at radius 3 is 0.455 bits per heavy atom. The van der Waals surface area contributed by atoms with Crippen LogP contribution >= 0.6 is 0 Å². The maximum atomic E-state index is 9.00. The van der Waals surface area contributed by atoms with Gasteiger partial charge in [0.1, 0.15) is 0 Å². The molecule has 3 radical (unpaired) electrons. The van der Waals surface area contributed by atoms with Crippen molar-refractivity contribution >= 4 is 23.9 Å². The van der Waals surface area contributed by atoms with Gasteiger partial charge in [0, 0.05) is 27.7 Å². The Bertz CT molecular complexity index is 161. The Hall–Kier alpha value is -2.12. The van der Waals surface area contributed by atoms with Gasteiger partial charge >= 0.3 is 0 Å². The van der Waals surface area contributed by atoms with Crippen LogP contribution in [-0.4, -0.2) is 44.3 Å². The predicted molar refractivity (Wildman–Crippen MR) is 86.3 cm³/mol. The fourth-order valence-corrected chi connectivity index (χ4v) is 0. The number of carboxylic acids is 4. The molecule has 0 heterocycles. The van der Waals surface area contributed by atoms with Gasteiger partial charge in [-0.05, 0) is 0 Å². The minimum absolute atomic E-state index is 0.833. The second kappa shape index (κ2) is 61.8. The van der Waals surface area contributed by atoms with E-state index in [1.165, 1.54) is 0 Å². The molecule has 0 bridgehead atoms. The third-order valence-electron chi connectivity index (χ3n) is 0. The van der Waals surface area contributed by atoms with Crippen LogP contribution in [0, 0.1) is 20.8 Å². The molecule has 0 rings (SSSR count). The summed E-state index contributed by atoms with van der Waals surface area (Å²) in [5.41, 5.74) is 0. The third kappa shape index (κ3) is 1130. The van der Waals surface area contributed by atoms with E-state index in [-0.39, 0.29) is 0 Å². The molecule has 0 aromatic rings. The van der Waals surface area contributed by atoms with Gasteiger partial charge < -0.3 is 20.4 Å². The van der Waals surface area contributed by atoms with Crippen LogP contribution in [0.2, 0.25) is 0 Å². The predicted octanol–water partition coefficient (Wildman–Crippen LogP) is 2.88. The van der Waals surface area contributed by atoms with E-state index in [2.05, 4.69) is 20.8 Å². The van der Waals surface area contributed by atoms with Crippen LogP contribution in [0.4, 0.5) is 0 Å². The molecule has 4 N–H and O–H groups in total. The van der Waals surface area contributed by atoms with Gasteiger partial charge in [0.15, 0.2) is 0 Å². The molecule has 8 heteroatoms. The molecule has 135 valence electrons. The molecule has 8 nitrogen and oxygen atoms in total.